The Morgan fingerprint density at radius 1 is 1.12 bits per heavy atom. The zero-order valence-electron chi connectivity index (χ0n) is 13.9. The number of hydrogen-bond acceptors (Lipinski definition) is 2. The van der Waals surface area contributed by atoms with Gasteiger partial charge in [-0.2, -0.15) is 0 Å². The van der Waals surface area contributed by atoms with Crippen molar-refractivity contribution in [1.29, 1.82) is 0 Å². The van der Waals surface area contributed by atoms with Gasteiger partial charge in [0.15, 0.2) is 11.6 Å². The van der Waals surface area contributed by atoms with Crippen LogP contribution in [0.2, 0.25) is 0 Å². The average molecular weight is 358 g/mol. The fourth-order valence-electron chi connectivity index (χ4n) is 2.82. The van der Waals surface area contributed by atoms with E-state index in [4.69, 9.17) is 4.74 Å². The van der Waals surface area contributed by atoms with Gasteiger partial charge < -0.3 is 9.47 Å². The van der Waals surface area contributed by atoms with Crippen molar-refractivity contribution in [2.75, 3.05) is 6.61 Å². The summed E-state index contributed by atoms with van der Waals surface area (Å²) in [5.74, 6) is -0.966. The smallest absolute Gasteiger partial charge is 0.490 e. The van der Waals surface area contributed by atoms with E-state index in [1.165, 1.54) is 18.6 Å². The van der Waals surface area contributed by atoms with Crippen LogP contribution < -0.4 is 9.47 Å². The van der Waals surface area contributed by atoms with Crippen LogP contribution in [0.25, 0.3) is 0 Å². The number of rotatable bonds is 8. The minimum absolute atomic E-state index is 0.171. The zero-order chi connectivity index (χ0) is 17.9. The highest BCUT2D eigenvalue weighted by Gasteiger charge is 2.35. The van der Waals surface area contributed by atoms with Gasteiger partial charge in [-0.3, -0.25) is 0 Å². The van der Waals surface area contributed by atoms with E-state index in [1.54, 1.807) is 0 Å². The van der Waals surface area contributed by atoms with Crippen molar-refractivity contribution in [2.24, 2.45) is 11.8 Å². The monoisotopic (exact) mass is 358 g/mol. The van der Waals surface area contributed by atoms with Gasteiger partial charge in [0.1, 0.15) is 0 Å². The molecule has 2 aliphatic carbocycles. The molecular weight excluding hydrogens is 336 g/mol. The fraction of sp³-hybridized carbons (Fsp3) is 0.579. The van der Waals surface area contributed by atoms with Crippen LogP contribution in [0.15, 0.2) is 24.3 Å². The molecule has 0 unspecified atom stereocenters. The second kappa shape index (κ2) is 7.67. The first kappa shape index (κ1) is 18.1. The van der Waals surface area contributed by atoms with Crippen LogP contribution in [0.3, 0.4) is 0 Å². The molecule has 0 radical (unpaired) electrons. The standard InChI is InChI=1S/C19H22F4O2/c20-17-15(6-2-5-13-3-1-4-13)9-10-16(18(17)25-19(21,22)23)24-12-11-14-7-8-14/h2,5,9-10,13-14H,1,3-4,6-8,11-12H2/b5-2+. The van der Waals surface area contributed by atoms with Gasteiger partial charge in [0.2, 0.25) is 5.75 Å². The summed E-state index contributed by atoms with van der Waals surface area (Å²) in [7, 11) is 0. The van der Waals surface area contributed by atoms with Crippen LogP contribution in [0.1, 0.15) is 44.1 Å². The number of halogens is 4. The van der Waals surface area contributed by atoms with Crippen LogP contribution in [0.5, 0.6) is 11.5 Å². The zero-order valence-corrected chi connectivity index (χ0v) is 13.9. The summed E-state index contributed by atoms with van der Waals surface area (Å²) in [5.41, 5.74) is 0.171. The molecule has 1 aromatic carbocycles. The highest BCUT2D eigenvalue weighted by Crippen LogP contribution is 2.38. The average Bonchev–Trinajstić information content (AvgIpc) is 3.30. The second-order valence-corrected chi connectivity index (χ2v) is 6.82. The van der Waals surface area contributed by atoms with Gasteiger partial charge in [-0.15, -0.1) is 13.2 Å². The van der Waals surface area contributed by atoms with Gasteiger partial charge >= 0.3 is 6.36 Å². The lowest BCUT2D eigenvalue weighted by Gasteiger charge is -2.21. The largest absolute Gasteiger partial charge is 0.573 e. The molecule has 2 nitrogen and oxygen atoms in total. The summed E-state index contributed by atoms with van der Waals surface area (Å²) < 4.78 is 61.8. The predicted molar refractivity (Wildman–Crippen MR) is 86.1 cm³/mol. The Bertz CT molecular complexity index is 617. The second-order valence-electron chi connectivity index (χ2n) is 6.82. The summed E-state index contributed by atoms with van der Waals surface area (Å²) in [6.07, 6.45) is 5.53. The Hall–Kier alpha value is -1.72. The first-order valence-corrected chi connectivity index (χ1v) is 8.79. The molecule has 2 fully saturated rings. The molecule has 0 atom stereocenters. The molecule has 0 N–H and O–H groups in total. The Balaban J connectivity index is 1.71. The molecule has 6 heteroatoms. The van der Waals surface area contributed by atoms with Crippen LogP contribution in [-0.4, -0.2) is 13.0 Å². The van der Waals surface area contributed by atoms with Gasteiger partial charge in [0.05, 0.1) is 6.61 Å². The number of alkyl halides is 3. The summed E-state index contributed by atoms with van der Waals surface area (Å²) >= 11 is 0. The number of ether oxygens (including phenoxy) is 2. The normalized spacial score (nSPS) is 18.4. The summed E-state index contributed by atoms with van der Waals surface area (Å²) in [5, 5.41) is 0. The van der Waals surface area contributed by atoms with Crippen molar-refractivity contribution in [1.82, 2.24) is 0 Å². The lowest BCUT2D eigenvalue weighted by atomic mass is 9.85. The summed E-state index contributed by atoms with van der Waals surface area (Å²) in [6.45, 7) is 0.263. The lowest BCUT2D eigenvalue weighted by molar-refractivity contribution is -0.276. The van der Waals surface area contributed by atoms with Crippen LogP contribution in [-0.2, 0) is 6.42 Å². The molecule has 0 aliphatic heterocycles. The van der Waals surface area contributed by atoms with Gasteiger partial charge in [-0.05, 0) is 49.1 Å². The van der Waals surface area contributed by atoms with Crippen LogP contribution in [0, 0.1) is 17.7 Å². The molecule has 1 aromatic rings. The molecule has 0 amide bonds. The molecule has 3 rings (SSSR count). The van der Waals surface area contributed by atoms with E-state index < -0.39 is 17.9 Å². The molecule has 25 heavy (non-hydrogen) atoms. The molecule has 2 aliphatic rings. The maximum absolute atomic E-state index is 14.5. The molecule has 2 saturated carbocycles. The topological polar surface area (TPSA) is 18.5 Å². The molecule has 0 saturated heterocycles. The molecule has 0 heterocycles. The fourth-order valence-corrected chi connectivity index (χ4v) is 2.82. The Labute approximate surface area is 144 Å². The number of benzene rings is 1. The van der Waals surface area contributed by atoms with Crippen molar-refractivity contribution >= 4 is 0 Å². The van der Waals surface area contributed by atoms with E-state index in [1.807, 2.05) is 12.2 Å². The van der Waals surface area contributed by atoms with Crippen molar-refractivity contribution < 1.29 is 27.0 Å². The van der Waals surface area contributed by atoms with E-state index >= 15 is 0 Å². The Morgan fingerprint density at radius 2 is 1.88 bits per heavy atom. The third-order valence-electron chi connectivity index (χ3n) is 4.74. The highest BCUT2D eigenvalue weighted by atomic mass is 19.4. The van der Waals surface area contributed by atoms with Crippen LogP contribution >= 0.6 is 0 Å². The van der Waals surface area contributed by atoms with Crippen molar-refractivity contribution in [3.05, 3.63) is 35.7 Å². The summed E-state index contributed by atoms with van der Waals surface area (Å²) in [4.78, 5) is 0. The van der Waals surface area contributed by atoms with E-state index in [0.717, 1.165) is 32.1 Å². The minimum Gasteiger partial charge on any atom is -0.490 e. The maximum atomic E-state index is 14.5. The van der Waals surface area contributed by atoms with E-state index in [9.17, 15) is 17.6 Å². The lowest BCUT2D eigenvalue weighted by Crippen LogP contribution is -2.19. The maximum Gasteiger partial charge on any atom is 0.573 e. The molecule has 138 valence electrons. The highest BCUT2D eigenvalue weighted by molar-refractivity contribution is 5.45. The molecule has 0 bridgehead atoms. The van der Waals surface area contributed by atoms with Crippen molar-refractivity contribution in [3.8, 4) is 11.5 Å². The Morgan fingerprint density at radius 3 is 2.48 bits per heavy atom. The predicted octanol–water partition coefficient (Wildman–Crippen LogP) is 5.80. The SMILES string of the molecule is Fc1c(C/C=C/C2CCC2)ccc(OCCC2CC2)c1OC(F)(F)F. The van der Waals surface area contributed by atoms with Gasteiger partial charge in [0, 0.05) is 0 Å². The van der Waals surface area contributed by atoms with Gasteiger partial charge in [-0.1, -0.05) is 37.5 Å². The third kappa shape index (κ3) is 5.38. The summed E-state index contributed by atoms with van der Waals surface area (Å²) in [6, 6.07) is 2.83. The van der Waals surface area contributed by atoms with E-state index in [0.29, 0.717) is 11.8 Å². The number of allylic oxidation sites excluding steroid dienone is 2. The van der Waals surface area contributed by atoms with Crippen LogP contribution in [0.4, 0.5) is 17.6 Å². The minimum atomic E-state index is -4.96. The van der Waals surface area contributed by atoms with Crippen molar-refractivity contribution in [2.45, 2.75) is 51.3 Å². The van der Waals surface area contributed by atoms with Crippen molar-refractivity contribution in [3.63, 3.8) is 0 Å². The number of hydrogen-bond donors (Lipinski definition) is 0. The van der Waals surface area contributed by atoms with E-state index in [-0.39, 0.29) is 24.3 Å². The third-order valence-corrected chi connectivity index (χ3v) is 4.74. The quantitative estimate of drug-likeness (QED) is 0.432. The Kier molecular flexibility index (Phi) is 5.54. The molecular formula is C19H22F4O2. The van der Waals surface area contributed by atoms with E-state index in [2.05, 4.69) is 4.74 Å². The van der Waals surface area contributed by atoms with Gasteiger partial charge in [0.25, 0.3) is 0 Å². The molecule has 0 aromatic heterocycles. The first-order valence-electron chi connectivity index (χ1n) is 8.79. The molecule has 0 spiro atoms. The van der Waals surface area contributed by atoms with Gasteiger partial charge in [-0.25, -0.2) is 4.39 Å². The first-order chi connectivity index (χ1) is 11.9.